The van der Waals surface area contributed by atoms with Crippen molar-refractivity contribution in [3.8, 4) is 22.2 Å². The van der Waals surface area contributed by atoms with Gasteiger partial charge in [-0.15, -0.1) is 38.3 Å². The van der Waals surface area contributed by atoms with Gasteiger partial charge in [0.2, 0.25) is 5.89 Å². The summed E-state index contributed by atoms with van der Waals surface area (Å²) in [6, 6.07) is 7.74. The normalized spacial score (nSPS) is 12.2. The highest BCUT2D eigenvalue weighted by Crippen LogP contribution is 2.36. The van der Waals surface area contributed by atoms with Gasteiger partial charge < -0.3 is 4.42 Å². The van der Waals surface area contributed by atoms with Crippen LogP contribution in [0.4, 0.5) is 0 Å². The number of hydrogen-bond acceptors (Lipinski definition) is 8. The zero-order valence-electron chi connectivity index (χ0n) is 14.5. The molecule has 0 N–H and O–H groups in total. The van der Waals surface area contributed by atoms with E-state index in [2.05, 4.69) is 32.0 Å². The lowest BCUT2D eigenvalue weighted by atomic mass is 10.2. The van der Waals surface area contributed by atoms with E-state index >= 15 is 0 Å². The molecule has 0 aliphatic rings. The summed E-state index contributed by atoms with van der Waals surface area (Å²) in [7, 11) is 0. The second kappa shape index (κ2) is 7.85. The van der Waals surface area contributed by atoms with Gasteiger partial charge in [0.05, 0.1) is 10.1 Å². The highest BCUT2D eigenvalue weighted by molar-refractivity contribution is 7.99. The van der Waals surface area contributed by atoms with E-state index in [-0.39, 0.29) is 5.25 Å². The molecule has 0 bridgehead atoms. The van der Waals surface area contributed by atoms with Gasteiger partial charge in [0.1, 0.15) is 0 Å². The lowest BCUT2D eigenvalue weighted by molar-refractivity contribution is 0.509. The Morgan fingerprint density at radius 2 is 2.07 bits per heavy atom. The van der Waals surface area contributed by atoms with Gasteiger partial charge in [-0.3, -0.25) is 9.55 Å². The van der Waals surface area contributed by atoms with Crippen LogP contribution < -0.4 is 0 Å². The molecule has 0 unspecified atom stereocenters. The van der Waals surface area contributed by atoms with Gasteiger partial charge in [-0.25, -0.2) is 0 Å². The summed E-state index contributed by atoms with van der Waals surface area (Å²) in [6.45, 7) is 6.45. The van der Waals surface area contributed by atoms with Gasteiger partial charge in [0.15, 0.2) is 11.0 Å². The largest absolute Gasteiger partial charge is 0.419 e. The minimum atomic E-state index is -0.0655. The number of thiophene rings is 1. The third-order valence-corrected chi connectivity index (χ3v) is 5.70. The van der Waals surface area contributed by atoms with E-state index < -0.39 is 0 Å². The lowest BCUT2D eigenvalue weighted by Crippen LogP contribution is -2.02. The molecule has 0 radical (unpaired) electrons. The number of nitrogens with zero attached hydrogens (tertiary/aromatic N) is 6. The first-order valence-electron chi connectivity index (χ1n) is 8.24. The number of hydrogen-bond donors (Lipinski definition) is 0. The lowest BCUT2D eigenvalue weighted by Gasteiger charge is -2.09. The predicted octanol–water partition coefficient (Wildman–Crippen LogP) is 4.49. The van der Waals surface area contributed by atoms with E-state index in [0.29, 0.717) is 18.3 Å². The third kappa shape index (κ3) is 3.69. The molecule has 0 aromatic carbocycles. The van der Waals surface area contributed by atoms with Crippen LogP contribution in [0.5, 0.6) is 0 Å². The Kier molecular flexibility index (Phi) is 5.12. The Balaban J connectivity index is 1.59. The zero-order valence-corrected chi connectivity index (χ0v) is 16.2. The van der Waals surface area contributed by atoms with Crippen molar-refractivity contribution in [2.45, 2.75) is 23.9 Å². The molecule has 27 heavy (non-hydrogen) atoms. The van der Waals surface area contributed by atoms with E-state index in [9.17, 15) is 0 Å². The summed E-state index contributed by atoms with van der Waals surface area (Å²) in [4.78, 5) is 5.01. The average molecular weight is 397 g/mol. The Bertz CT molecular complexity index is 1030. The van der Waals surface area contributed by atoms with E-state index in [0.717, 1.165) is 21.4 Å². The highest BCUT2D eigenvalue weighted by atomic mass is 32.2. The summed E-state index contributed by atoms with van der Waals surface area (Å²) in [5.74, 6) is 1.87. The van der Waals surface area contributed by atoms with E-state index in [1.165, 1.54) is 11.8 Å². The molecule has 0 spiro atoms. The topological polar surface area (TPSA) is 82.5 Å². The van der Waals surface area contributed by atoms with Crippen LogP contribution in [0.2, 0.25) is 0 Å². The third-order valence-electron chi connectivity index (χ3n) is 3.77. The SMILES string of the molecule is C=CCn1c(S[C@H](C)c2nnc(-c3cccs3)o2)nnc1-c1ccncc1. The molecule has 0 saturated carbocycles. The Hall–Kier alpha value is -2.78. The first kappa shape index (κ1) is 17.6. The van der Waals surface area contributed by atoms with Crippen LogP contribution in [-0.4, -0.2) is 29.9 Å². The van der Waals surface area contributed by atoms with Crippen LogP contribution in [-0.2, 0) is 6.54 Å². The molecule has 0 fully saturated rings. The number of aromatic nitrogens is 6. The highest BCUT2D eigenvalue weighted by Gasteiger charge is 2.21. The molecule has 4 heterocycles. The Morgan fingerprint density at radius 1 is 1.22 bits per heavy atom. The average Bonchev–Trinajstić information content (AvgIpc) is 3.44. The summed E-state index contributed by atoms with van der Waals surface area (Å²) in [6.07, 6.45) is 5.30. The number of rotatable bonds is 7. The molecule has 0 amide bonds. The number of allylic oxidation sites excluding steroid dienone is 1. The second-order valence-corrected chi connectivity index (χ2v) is 7.88. The number of pyridine rings is 1. The van der Waals surface area contributed by atoms with Crippen molar-refractivity contribution < 1.29 is 4.42 Å². The molecule has 0 aliphatic carbocycles. The summed E-state index contributed by atoms with van der Waals surface area (Å²) < 4.78 is 7.85. The van der Waals surface area contributed by atoms with Crippen molar-refractivity contribution in [3.05, 3.63) is 60.6 Å². The first-order chi connectivity index (χ1) is 13.3. The van der Waals surface area contributed by atoms with Crippen molar-refractivity contribution in [1.29, 1.82) is 0 Å². The van der Waals surface area contributed by atoms with Gasteiger partial charge in [-0.2, -0.15) is 0 Å². The van der Waals surface area contributed by atoms with Crippen LogP contribution in [0.3, 0.4) is 0 Å². The summed E-state index contributed by atoms with van der Waals surface area (Å²) in [5.41, 5.74) is 0.955. The van der Waals surface area contributed by atoms with Crippen molar-refractivity contribution in [1.82, 2.24) is 29.9 Å². The molecule has 4 aromatic rings. The van der Waals surface area contributed by atoms with Gasteiger partial charge in [-0.05, 0) is 30.5 Å². The molecule has 0 saturated heterocycles. The minimum Gasteiger partial charge on any atom is -0.419 e. The molecular weight excluding hydrogens is 380 g/mol. The molecule has 1 atom stereocenters. The van der Waals surface area contributed by atoms with Crippen LogP contribution in [0, 0.1) is 0 Å². The van der Waals surface area contributed by atoms with Gasteiger partial charge in [0.25, 0.3) is 5.89 Å². The molecule has 7 nitrogen and oxygen atoms in total. The second-order valence-electron chi connectivity index (χ2n) is 5.62. The smallest absolute Gasteiger partial charge is 0.257 e. The van der Waals surface area contributed by atoms with Crippen molar-refractivity contribution in [2.75, 3.05) is 0 Å². The quantitative estimate of drug-likeness (QED) is 0.336. The fourth-order valence-electron chi connectivity index (χ4n) is 2.49. The van der Waals surface area contributed by atoms with Gasteiger partial charge in [-0.1, -0.05) is 23.9 Å². The summed E-state index contributed by atoms with van der Waals surface area (Å²) >= 11 is 3.09. The molecule has 4 rings (SSSR count). The molecule has 136 valence electrons. The Labute approximate surface area is 164 Å². The predicted molar refractivity (Wildman–Crippen MR) is 105 cm³/mol. The fourth-order valence-corrected chi connectivity index (χ4v) is 4.02. The van der Waals surface area contributed by atoms with Crippen molar-refractivity contribution >= 4 is 23.1 Å². The minimum absolute atomic E-state index is 0.0655. The van der Waals surface area contributed by atoms with Crippen molar-refractivity contribution in [3.63, 3.8) is 0 Å². The maximum absolute atomic E-state index is 5.83. The molecule has 0 aliphatic heterocycles. The van der Waals surface area contributed by atoms with Crippen LogP contribution in [0.25, 0.3) is 22.2 Å². The van der Waals surface area contributed by atoms with Crippen LogP contribution in [0.15, 0.2) is 64.3 Å². The van der Waals surface area contributed by atoms with Crippen LogP contribution >= 0.6 is 23.1 Å². The van der Waals surface area contributed by atoms with Gasteiger partial charge >= 0.3 is 0 Å². The van der Waals surface area contributed by atoms with E-state index in [1.54, 1.807) is 23.7 Å². The fraction of sp³-hybridized carbons (Fsp3) is 0.167. The van der Waals surface area contributed by atoms with E-state index in [1.807, 2.05) is 47.2 Å². The van der Waals surface area contributed by atoms with Gasteiger partial charge in [0, 0.05) is 24.5 Å². The molecule has 9 heteroatoms. The molecular formula is C18H16N6OS2. The molecule has 4 aromatic heterocycles. The van der Waals surface area contributed by atoms with E-state index in [4.69, 9.17) is 4.42 Å². The maximum atomic E-state index is 5.83. The Morgan fingerprint density at radius 3 is 2.81 bits per heavy atom. The maximum Gasteiger partial charge on any atom is 0.257 e. The zero-order chi connectivity index (χ0) is 18.6. The van der Waals surface area contributed by atoms with Crippen LogP contribution in [0.1, 0.15) is 18.1 Å². The standard InChI is InChI=1S/C18H16N6OS2/c1-3-10-24-15(13-6-8-19-9-7-13)20-23-18(24)27-12(2)16-21-22-17(25-16)14-5-4-11-26-14/h3-9,11-12H,1,10H2,2H3/t12-/m1/s1. The monoisotopic (exact) mass is 396 g/mol. The van der Waals surface area contributed by atoms with Crippen molar-refractivity contribution in [2.24, 2.45) is 0 Å². The first-order valence-corrected chi connectivity index (χ1v) is 10.0. The number of thioether (sulfide) groups is 1. The summed E-state index contributed by atoms with van der Waals surface area (Å²) in [5, 5.41) is 19.7.